The summed E-state index contributed by atoms with van der Waals surface area (Å²) in [7, 11) is 1.52. The van der Waals surface area contributed by atoms with Gasteiger partial charge in [-0.2, -0.15) is 0 Å². The fourth-order valence-electron chi connectivity index (χ4n) is 3.27. The lowest BCUT2D eigenvalue weighted by Gasteiger charge is -2.14. The number of benzene rings is 3. The van der Waals surface area contributed by atoms with Crippen LogP contribution in [0.5, 0.6) is 5.75 Å². The molecule has 0 saturated carbocycles. The molecule has 0 bridgehead atoms. The molecule has 0 fully saturated rings. The Morgan fingerprint density at radius 3 is 2.74 bits per heavy atom. The van der Waals surface area contributed by atoms with Crippen LogP contribution >= 0.6 is 23.4 Å². The molecular formula is C23H17ClN4O5S. The van der Waals surface area contributed by atoms with Gasteiger partial charge in [0.05, 0.1) is 34.4 Å². The fourth-order valence-corrected chi connectivity index (χ4v) is 4.26. The maximum absolute atomic E-state index is 13.3. The Labute approximate surface area is 202 Å². The number of nitro groups is 1. The maximum Gasteiger partial charge on any atom is 0.292 e. The van der Waals surface area contributed by atoms with Crippen LogP contribution in [0.15, 0.2) is 76.7 Å². The van der Waals surface area contributed by atoms with Crippen molar-refractivity contribution in [2.24, 2.45) is 0 Å². The van der Waals surface area contributed by atoms with Crippen molar-refractivity contribution in [1.82, 2.24) is 9.55 Å². The number of methoxy groups -OCH3 is 1. The number of hydrogen-bond donors (Lipinski definition) is 1. The number of carbonyl (C=O) groups is 1. The van der Waals surface area contributed by atoms with E-state index in [2.05, 4.69) is 10.3 Å². The second kappa shape index (κ2) is 9.94. The Morgan fingerprint density at radius 2 is 1.97 bits per heavy atom. The smallest absolute Gasteiger partial charge is 0.292 e. The first-order valence-corrected chi connectivity index (χ1v) is 11.3. The molecule has 0 aliphatic rings. The highest BCUT2D eigenvalue weighted by atomic mass is 35.5. The number of hydrogen-bond acceptors (Lipinski definition) is 7. The first-order valence-electron chi connectivity index (χ1n) is 9.90. The van der Waals surface area contributed by atoms with Crippen LogP contribution in [0.1, 0.15) is 0 Å². The third-order valence-electron chi connectivity index (χ3n) is 4.82. The summed E-state index contributed by atoms with van der Waals surface area (Å²) in [6.07, 6.45) is 0. The summed E-state index contributed by atoms with van der Waals surface area (Å²) in [6.45, 7) is 0. The highest BCUT2D eigenvalue weighted by Gasteiger charge is 2.18. The largest absolute Gasteiger partial charge is 0.497 e. The summed E-state index contributed by atoms with van der Waals surface area (Å²) >= 11 is 6.95. The van der Waals surface area contributed by atoms with Crippen LogP contribution < -0.4 is 15.6 Å². The van der Waals surface area contributed by atoms with Crippen LogP contribution in [0.2, 0.25) is 5.02 Å². The molecule has 1 heterocycles. The van der Waals surface area contributed by atoms with Crippen LogP contribution in [0.25, 0.3) is 16.6 Å². The van der Waals surface area contributed by atoms with Crippen molar-refractivity contribution < 1.29 is 14.5 Å². The third kappa shape index (κ3) is 4.87. The molecule has 9 nitrogen and oxygen atoms in total. The van der Waals surface area contributed by atoms with Gasteiger partial charge in [0.2, 0.25) is 5.91 Å². The quantitative estimate of drug-likeness (QED) is 0.171. The lowest BCUT2D eigenvalue weighted by atomic mass is 10.2. The number of thioether (sulfide) groups is 1. The van der Waals surface area contributed by atoms with E-state index in [1.807, 2.05) is 0 Å². The molecule has 0 radical (unpaired) electrons. The van der Waals surface area contributed by atoms with E-state index in [4.69, 9.17) is 16.3 Å². The molecule has 0 spiro atoms. The normalized spacial score (nSPS) is 10.8. The first kappa shape index (κ1) is 23.3. The monoisotopic (exact) mass is 496 g/mol. The van der Waals surface area contributed by atoms with Crippen LogP contribution in [-0.2, 0) is 4.79 Å². The number of ether oxygens (including phenoxy) is 1. The molecule has 0 atom stereocenters. The number of carbonyl (C=O) groups excluding carboxylic acids is 1. The Balaban J connectivity index is 1.68. The number of nitro benzene ring substituents is 1. The molecule has 0 aliphatic heterocycles. The van der Waals surface area contributed by atoms with E-state index in [1.54, 1.807) is 48.5 Å². The summed E-state index contributed by atoms with van der Waals surface area (Å²) in [5, 5.41) is 14.7. The number of anilines is 1. The van der Waals surface area contributed by atoms with E-state index in [0.717, 1.165) is 11.8 Å². The van der Waals surface area contributed by atoms with Crippen LogP contribution in [0.4, 0.5) is 11.4 Å². The lowest BCUT2D eigenvalue weighted by molar-refractivity contribution is -0.383. The Bertz CT molecular complexity index is 1470. The van der Waals surface area contributed by atoms with Crippen molar-refractivity contribution in [3.63, 3.8) is 0 Å². The van der Waals surface area contributed by atoms with Crippen molar-refractivity contribution in [3.8, 4) is 11.4 Å². The van der Waals surface area contributed by atoms with Crippen LogP contribution in [-0.4, -0.2) is 33.2 Å². The first-order chi connectivity index (χ1) is 16.4. The third-order valence-corrected chi connectivity index (χ3v) is 5.99. The molecule has 172 valence electrons. The lowest BCUT2D eigenvalue weighted by Crippen LogP contribution is -2.23. The number of para-hydroxylation sites is 1. The molecule has 1 N–H and O–H groups in total. The van der Waals surface area contributed by atoms with E-state index >= 15 is 0 Å². The van der Waals surface area contributed by atoms with Crippen LogP contribution in [0, 0.1) is 10.1 Å². The molecule has 0 saturated heterocycles. The Kier molecular flexibility index (Phi) is 6.80. The van der Waals surface area contributed by atoms with Gasteiger partial charge in [0.1, 0.15) is 11.4 Å². The van der Waals surface area contributed by atoms with E-state index in [9.17, 15) is 19.7 Å². The molecule has 1 amide bonds. The number of fused-ring (bicyclic) bond motifs is 1. The zero-order valence-corrected chi connectivity index (χ0v) is 19.3. The number of aromatic nitrogens is 2. The average Bonchev–Trinajstić information content (AvgIpc) is 2.82. The van der Waals surface area contributed by atoms with E-state index in [-0.39, 0.29) is 32.9 Å². The van der Waals surface area contributed by atoms with Crippen molar-refractivity contribution >= 4 is 51.5 Å². The molecule has 1 aromatic heterocycles. The van der Waals surface area contributed by atoms with Gasteiger partial charge >= 0.3 is 0 Å². The van der Waals surface area contributed by atoms with Gasteiger partial charge in [0.15, 0.2) is 5.16 Å². The van der Waals surface area contributed by atoms with Crippen LogP contribution in [0.3, 0.4) is 0 Å². The Morgan fingerprint density at radius 1 is 1.18 bits per heavy atom. The zero-order valence-electron chi connectivity index (χ0n) is 17.7. The average molecular weight is 497 g/mol. The zero-order chi connectivity index (χ0) is 24.2. The van der Waals surface area contributed by atoms with Crippen molar-refractivity contribution in [1.29, 1.82) is 0 Å². The summed E-state index contributed by atoms with van der Waals surface area (Å²) in [5.41, 5.74) is 0.419. The summed E-state index contributed by atoms with van der Waals surface area (Å²) < 4.78 is 6.68. The predicted molar refractivity (Wildman–Crippen MR) is 131 cm³/mol. The minimum absolute atomic E-state index is 0.0141. The van der Waals surface area contributed by atoms with Gasteiger partial charge in [-0.3, -0.25) is 24.3 Å². The van der Waals surface area contributed by atoms with E-state index in [0.29, 0.717) is 22.3 Å². The fraction of sp³-hybridized carbons (Fsp3) is 0.0870. The summed E-state index contributed by atoms with van der Waals surface area (Å²) in [5.74, 6) is -0.118. The van der Waals surface area contributed by atoms with Crippen molar-refractivity contribution in [2.75, 3.05) is 18.2 Å². The van der Waals surface area contributed by atoms with Gasteiger partial charge in [-0.15, -0.1) is 0 Å². The minimum atomic E-state index is -0.607. The number of halogens is 1. The summed E-state index contributed by atoms with van der Waals surface area (Å²) in [6, 6.07) is 17.7. The topological polar surface area (TPSA) is 116 Å². The Hall–Kier alpha value is -3.89. The van der Waals surface area contributed by atoms with Gasteiger partial charge in [0.25, 0.3) is 11.2 Å². The van der Waals surface area contributed by atoms with Gasteiger partial charge in [-0.1, -0.05) is 41.6 Å². The van der Waals surface area contributed by atoms with Gasteiger partial charge < -0.3 is 10.1 Å². The molecule has 0 unspecified atom stereocenters. The van der Waals surface area contributed by atoms with Gasteiger partial charge in [-0.25, -0.2) is 4.98 Å². The molecule has 3 aromatic carbocycles. The molecular weight excluding hydrogens is 480 g/mol. The molecule has 4 aromatic rings. The molecule has 4 rings (SSSR count). The standard InChI is InChI=1S/C23H17ClN4O5S/c1-33-16-6-4-5-15(12-16)27-22(30)17-7-2-3-8-18(17)26-23(27)34-13-21(29)25-19-11-14(24)9-10-20(19)28(31)32/h2-12H,13H2,1H3,(H,25,29). The van der Waals surface area contributed by atoms with Crippen molar-refractivity contribution in [3.05, 3.63) is 92.2 Å². The molecule has 0 aliphatic carbocycles. The number of rotatable bonds is 7. The SMILES string of the molecule is COc1cccc(-n2c(SCC(=O)Nc3cc(Cl)ccc3[N+](=O)[O-])nc3ccccc3c2=O)c1. The maximum atomic E-state index is 13.3. The second-order valence-corrected chi connectivity index (χ2v) is 8.39. The van der Waals surface area contributed by atoms with Crippen molar-refractivity contribution in [2.45, 2.75) is 5.16 Å². The predicted octanol–water partition coefficient (Wildman–Crippen LogP) is 4.69. The molecule has 34 heavy (non-hydrogen) atoms. The molecule has 11 heteroatoms. The number of amides is 1. The highest BCUT2D eigenvalue weighted by molar-refractivity contribution is 7.99. The number of nitrogens with zero attached hydrogens (tertiary/aromatic N) is 3. The number of nitrogens with one attached hydrogen (secondary N) is 1. The van der Waals surface area contributed by atoms with Gasteiger partial charge in [-0.05, 0) is 36.4 Å². The second-order valence-electron chi connectivity index (χ2n) is 7.01. The highest BCUT2D eigenvalue weighted by Crippen LogP contribution is 2.28. The van der Waals surface area contributed by atoms with Gasteiger partial charge in [0, 0.05) is 17.2 Å². The summed E-state index contributed by atoms with van der Waals surface area (Å²) in [4.78, 5) is 41.2. The minimum Gasteiger partial charge on any atom is -0.497 e. The van der Waals surface area contributed by atoms with E-state index in [1.165, 1.54) is 29.9 Å². The van der Waals surface area contributed by atoms with E-state index < -0.39 is 10.8 Å².